The number of aliphatic carboxylic acids is 1. The van der Waals surface area contributed by atoms with Gasteiger partial charge in [-0.05, 0) is 0 Å². The molecule has 0 saturated heterocycles. The summed E-state index contributed by atoms with van der Waals surface area (Å²) in [5.74, 6) is -4.82. The van der Waals surface area contributed by atoms with Gasteiger partial charge in [-0.15, -0.1) is 0 Å². The average Bonchev–Trinajstić information content (AvgIpc) is 1.86. The fourth-order valence-corrected chi connectivity index (χ4v) is 0.337. The second kappa shape index (κ2) is 5.11. The van der Waals surface area contributed by atoms with Crippen LogP contribution in [0.4, 0.5) is 13.2 Å². The number of hydrogen-bond donors (Lipinski definition) is 1. The summed E-state index contributed by atoms with van der Waals surface area (Å²) in [4.78, 5) is 9.77. The molecule has 4 nitrogen and oxygen atoms in total. The van der Waals surface area contributed by atoms with E-state index in [2.05, 4.69) is 0 Å². The Morgan fingerprint density at radius 3 is 1.92 bits per heavy atom. The molecular weight excluding hydrogens is 202 g/mol. The maximum atomic E-state index is 11.5. The van der Waals surface area contributed by atoms with Crippen molar-refractivity contribution in [2.45, 2.75) is 6.18 Å². The van der Waals surface area contributed by atoms with E-state index >= 15 is 0 Å². The van der Waals surface area contributed by atoms with E-state index in [9.17, 15) is 23.1 Å². The number of aliphatic hydroxyl groups excluding tert-OH is 1. The van der Waals surface area contributed by atoms with Crippen LogP contribution in [0.3, 0.4) is 0 Å². The molecule has 0 bridgehead atoms. The van der Waals surface area contributed by atoms with Crippen LogP contribution in [0.15, 0.2) is 11.3 Å². The number of carboxylic acids is 1. The zero-order chi connectivity index (χ0) is 9.94. The number of halogens is 3. The Bertz CT molecular complexity index is 278. The van der Waals surface area contributed by atoms with Gasteiger partial charge < -0.3 is 15.0 Å². The molecule has 0 aromatic rings. The van der Waals surface area contributed by atoms with E-state index in [1.54, 1.807) is 0 Å². The minimum atomic E-state index is -5.24. The maximum absolute atomic E-state index is 11.5. The largest absolute Gasteiger partial charge is 1.00 e. The molecule has 8 heteroatoms. The Hall–Kier alpha value is -0.710. The van der Waals surface area contributed by atoms with Gasteiger partial charge in [0.05, 0.1) is 5.97 Å². The Labute approximate surface area is 92.6 Å². The van der Waals surface area contributed by atoms with E-state index in [0.717, 1.165) is 0 Å². The molecule has 0 aromatic heterocycles. The number of nitriles is 1. The number of nitrogens with zero attached hydrogens (tertiary/aromatic N) is 1. The molecule has 0 aromatic carbocycles. The van der Waals surface area contributed by atoms with Crippen molar-refractivity contribution >= 4 is 5.97 Å². The summed E-state index contributed by atoms with van der Waals surface area (Å²) in [6.45, 7) is 0. The molecule has 0 fully saturated rings. The van der Waals surface area contributed by atoms with Crippen molar-refractivity contribution in [1.82, 2.24) is 0 Å². The molecule has 0 heterocycles. The van der Waals surface area contributed by atoms with Gasteiger partial charge >= 0.3 is 35.7 Å². The van der Waals surface area contributed by atoms with Gasteiger partial charge in [-0.1, -0.05) is 0 Å². The molecule has 0 aliphatic carbocycles. The predicted octanol–water partition coefficient (Wildman–Crippen LogP) is -3.36. The van der Waals surface area contributed by atoms with Crippen LogP contribution in [0, 0.1) is 11.3 Å². The molecule has 0 radical (unpaired) electrons. The third kappa shape index (κ3) is 4.17. The molecule has 0 amide bonds. The van der Waals surface area contributed by atoms with Gasteiger partial charge in [-0.3, -0.25) is 0 Å². The van der Waals surface area contributed by atoms with Crippen molar-refractivity contribution < 1.29 is 57.7 Å². The van der Waals surface area contributed by atoms with Crippen LogP contribution < -0.4 is 34.7 Å². The van der Waals surface area contributed by atoms with Crippen LogP contribution in [0.2, 0.25) is 0 Å². The minimum Gasteiger partial charge on any atom is -0.544 e. The third-order valence-corrected chi connectivity index (χ3v) is 0.821. The second-order valence-corrected chi connectivity index (χ2v) is 1.62. The second-order valence-electron chi connectivity index (χ2n) is 1.62. The van der Waals surface area contributed by atoms with Crippen LogP contribution in [0.5, 0.6) is 0 Å². The van der Waals surface area contributed by atoms with Gasteiger partial charge in [0.2, 0.25) is 5.76 Å². The molecular formula is C5HF3NNaO3. The van der Waals surface area contributed by atoms with Crippen LogP contribution in [0.25, 0.3) is 0 Å². The first-order valence-electron chi connectivity index (χ1n) is 2.42. The number of aliphatic hydroxyl groups is 1. The SMILES string of the molecule is N#CC(C(=O)[O-])=C(O)C(F)(F)F.[Na+]. The van der Waals surface area contributed by atoms with Gasteiger partial charge in [0.1, 0.15) is 11.6 Å². The molecule has 0 spiro atoms. The molecule has 66 valence electrons. The normalized spacial score (nSPS) is 12.2. The summed E-state index contributed by atoms with van der Waals surface area (Å²) in [5, 5.41) is 25.7. The smallest absolute Gasteiger partial charge is 0.544 e. The van der Waals surface area contributed by atoms with E-state index in [1.807, 2.05) is 0 Å². The number of alkyl halides is 3. The molecule has 1 N–H and O–H groups in total. The third-order valence-electron chi connectivity index (χ3n) is 0.821. The van der Waals surface area contributed by atoms with Crippen molar-refractivity contribution in [3.8, 4) is 6.07 Å². The maximum Gasteiger partial charge on any atom is 1.00 e. The first-order valence-corrected chi connectivity index (χ1v) is 2.42. The van der Waals surface area contributed by atoms with Crippen LogP contribution >= 0.6 is 0 Å². The van der Waals surface area contributed by atoms with E-state index in [1.165, 1.54) is 0 Å². The molecule has 0 atom stereocenters. The van der Waals surface area contributed by atoms with Crippen molar-refractivity contribution in [3.63, 3.8) is 0 Å². The standard InChI is InChI=1S/C5H2F3NO3.Na/c6-5(7,8)3(10)2(1-9)4(11)12;/h10H,(H,11,12);/q;+1/p-1. The number of hydrogen-bond acceptors (Lipinski definition) is 4. The monoisotopic (exact) mass is 203 g/mol. The molecule has 0 saturated carbocycles. The van der Waals surface area contributed by atoms with Crippen LogP contribution in [-0.4, -0.2) is 17.3 Å². The first-order chi connectivity index (χ1) is 5.30. The molecule has 0 aliphatic rings. The number of carboxylic acid groups (broad SMARTS) is 1. The van der Waals surface area contributed by atoms with Crippen LogP contribution in [-0.2, 0) is 4.79 Å². The first kappa shape index (κ1) is 14.8. The zero-order valence-corrected chi connectivity index (χ0v) is 8.34. The number of carbonyl (C=O) groups is 1. The Morgan fingerprint density at radius 2 is 1.85 bits per heavy atom. The van der Waals surface area contributed by atoms with Gasteiger partial charge in [0.15, 0.2) is 0 Å². The number of allylic oxidation sites excluding steroid dienone is 1. The fraction of sp³-hybridized carbons (Fsp3) is 0.200. The summed E-state index contributed by atoms with van der Waals surface area (Å²) in [6, 6.07) is 0.655. The Morgan fingerprint density at radius 1 is 1.46 bits per heavy atom. The summed E-state index contributed by atoms with van der Waals surface area (Å²) in [7, 11) is 0. The van der Waals surface area contributed by atoms with E-state index in [0.29, 0.717) is 6.07 Å². The molecule has 0 rings (SSSR count). The topological polar surface area (TPSA) is 84.2 Å². The minimum absolute atomic E-state index is 0. The number of rotatable bonds is 1. The van der Waals surface area contributed by atoms with Gasteiger partial charge in [0.25, 0.3) is 0 Å². The van der Waals surface area contributed by atoms with Crippen LogP contribution in [0.1, 0.15) is 0 Å². The van der Waals surface area contributed by atoms with E-state index in [-0.39, 0.29) is 29.6 Å². The summed E-state index contributed by atoms with van der Waals surface area (Å²) >= 11 is 0. The van der Waals surface area contributed by atoms with Crippen molar-refractivity contribution in [2.75, 3.05) is 0 Å². The summed E-state index contributed by atoms with van der Waals surface area (Å²) < 4.78 is 34.5. The fourth-order valence-electron chi connectivity index (χ4n) is 0.337. The van der Waals surface area contributed by atoms with Gasteiger partial charge in [-0.25, -0.2) is 0 Å². The Kier molecular flexibility index (Phi) is 5.82. The number of carbonyl (C=O) groups excluding carboxylic acids is 1. The van der Waals surface area contributed by atoms with Gasteiger partial charge in [-0.2, -0.15) is 18.4 Å². The zero-order valence-electron chi connectivity index (χ0n) is 6.34. The van der Waals surface area contributed by atoms with Crippen molar-refractivity contribution in [3.05, 3.63) is 11.3 Å². The predicted molar refractivity (Wildman–Crippen MR) is 26.3 cm³/mol. The van der Waals surface area contributed by atoms with Crippen molar-refractivity contribution in [2.24, 2.45) is 0 Å². The average molecular weight is 203 g/mol. The van der Waals surface area contributed by atoms with E-state index < -0.39 is 23.5 Å². The van der Waals surface area contributed by atoms with Gasteiger partial charge in [0, 0.05) is 0 Å². The molecule has 0 unspecified atom stereocenters. The summed E-state index contributed by atoms with van der Waals surface area (Å²) in [6.07, 6.45) is -5.24. The molecule has 13 heavy (non-hydrogen) atoms. The van der Waals surface area contributed by atoms with E-state index in [4.69, 9.17) is 10.4 Å². The Balaban J connectivity index is 0. The quantitative estimate of drug-likeness (QED) is 0.209. The summed E-state index contributed by atoms with van der Waals surface area (Å²) in [5.41, 5.74) is -1.83. The van der Waals surface area contributed by atoms with Crippen molar-refractivity contribution in [1.29, 1.82) is 5.26 Å². The molecule has 0 aliphatic heterocycles.